The minimum atomic E-state index is -0.451. The molecule has 0 saturated heterocycles. The van der Waals surface area contributed by atoms with Gasteiger partial charge in [0, 0.05) is 12.1 Å². The van der Waals surface area contributed by atoms with Crippen molar-refractivity contribution in [3.05, 3.63) is 11.9 Å². The number of carbonyl (C=O) groups excluding carboxylic acids is 1. The Bertz CT molecular complexity index is 444. The minimum Gasteiger partial charge on any atom is -0.459 e. The summed E-state index contributed by atoms with van der Waals surface area (Å²) >= 11 is 1.37. The number of aromatic nitrogens is 2. The normalized spacial score (nSPS) is 11.2. The lowest BCUT2D eigenvalue weighted by Crippen LogP contribution is -2.25. The van der Waals surface area contributed by atoms with Gasteiger partial charge in [0.15, 0.2) is 0 Å². The van der Waals surface area contributed by atoms with Crippen molar-refractivity contribution in [2.24, 2.45) is 0 Å². The lowest BCUT2D eigenvalue weighted by Gasteiger charge is -2.19. The van der Waals surface area contributed by atoms with Crippen LogP contribution in [-0.2, 0) is 9.53 Å². The van der Waals surface area contributed by atoms with Gasteiger partial charge in [0.1, 0.15) is 22.8 Å². The summed E-state index contributed by atoms with van der Waals surface area (Å²) in [5, 5.41) is 3.96. The molecule has 0 radical (unpaired) electrons. The number of nitrogens with zero attached hydrogens (tertiary/aromatic N) is 2. The predicted molar refractivity (Wildman–Crippen MR) is 77.5 cm³/mol. The highest BCUT2D eigenvalue weighted by Gasteiger charge is 2.17. The van der Waals surface area contributed by atoms with Crippen molar-refractivity contribution in [2.45, 2.75) is 45.2 Å². The maximum absolute atomic E-state index is 11.7. The van der Waals surface area contributed by atoms with Crippen LogP contribution < -0.4 is 5.32 Å². The fourth-order valence-corrected chi connectivity index (χ4v) is 2.17. The smallest absolute Gasteiger partial charge is 0.316 e. The SMILES string of the molecule is CCNc1ncnc(SCC(=O)OC(C)(C)C)c1C. The molecule has 0 atom stereocenters. The molecule has 0 spiro atoms. The second kappa shape index (κ2) is 6.75. The van der Waals surface area contributed by atoms with Gasteiger partial charge in [-0.1, -0.05) is 11.8 Å². The van der Waals surface area contributed by atoms with E-state index in [1.165, 1.54) is 18.1 Å². The zero-order chi connectivity index (χ0) is 14.5. The Labute approximate surface area is 118 Å². The van der Waals surface area contributed by atoms with Crippen molar-refractivity contribution in [3.63, 3.8) is 0 Å². The Morgan fingerprint density at radius 1 is 1.42 bits per heavy atom. The third-order valence-electron chi connectivity index (χ3n) is 2.13. The van der Waals surface area contributed by atoms with Gasteiger partial charge in [-0.05, 0) is 34.6 Å². The van der Waals surface area contributed by atoms with Gasteiger partial charge in [-0.2, -0.15) is 0 Å². The van der Waals surface area contributed by atoms with E-state index in [1.54, 1.807) is 0 Å². The van der Waals surface area contributed by atoms with E-state index in [2.05, 4.69) is 15.3 Å². The van der Waals surface area contributed by atoms with Crippen LogP contribution in [0.3, 0.4) is 0 Å². The molecule has 0 amide bonds. The van der Waals surface area contributed by atoms with Gasteiger partial charge >= 0.3 is 5.97 Å². The molecule has 0 aliphatic heterocycles. The highest BCUT2D eigenvalue weighted by Crippen LogP contribution is 2.24. The molecule has 1 aromatic rings. The van der Waals surface area contributed by atoms with Crippen LogP contribution in [0.1, 0.15) is 33.3 Å². The number of hydrogen-bond donors (Lipinski definition) is 1. The van der Waals surface area contributed by atoms with Gasteiger partial charge in [0.05, 0.1) is 5.75 Å². The Kier molecular flexibility index (Phi) is 5.60. The molecule has 0 aliphatic rings. The molecular weight excluding hydrogens is 262 g/mol. The zero-order valence-electron chi connectivity index (χ0n) is 12.1. The zero-order valence-corrected chi connectivity index (χ0v) is 12.9. The van der Waals surface area contributed by atoms with Crippen molar-refractivity contribution in [1.82, 2.24) is 9.97 Å². The van der Waals surface area contributed by atoms with Crippen molar-refractivity contribution >= 4 is 23.5 Å². The Morgan fingerprint density at radius 2 is 2.11 bits per heavy atom. The summed E-state index contributed by atoms with van der Waals surface area (Å²) in [6, 6.07) is 0. The number of hydrogen-bond acceptors (Lipinski definition) is 6. The Hall–Kier alpha value is -1.30. The van der Waals surface area contributed by atoms with Crippen molar-refractivity contribution < 1.29 is 9.53 Å². The van der Waals surface area contributed by atoms with Crippen LogP contribution in [0.5, 0.6) is 0 Å². The molecule has 1 N–H and O–H groups in total. The topological polar surface area (TPSA) is 64.1 Å². The molecule has 6 heteroatoms. The second-order valence-corrected chi connectivity index (χ2v) is 6.02. The number of ether oxygens (including phenoxy) is 1. The molecule has 19 heavy (non-hydrogen) atoms. The van der Waals surface area contributed by atoms with Crippen molar-refractivity contribution in [2.75, 3.05) is 17.6 Å². The van der Waals surface area contributed by atoms with E-state index in [4.69, 9.17) is 4.74 Å². The van der Waals surface area contributed by atoms with E-state index < -0.39 is 5.60 Å². The third-order valence-corrected chi connectivity index (χ3v) is 3.19. The summed E-state index contributed by atoms with van der Waals surface area (Å²) in [4.78, 5) is 20.0. The third kappa shape index (κ3) is 5.46. The lowest BCUT2D eigenvalue weighted by atomic mass is 10.2. The van der Waals surface area contributed by atoms with E-state index in [0.717, 1.165) is 23.0 Å². The molecule has 0 unspecified atom stereocenters. The molecule has 0 aliphatic carbocycles. The van der Waals surface area contributed by atoms with E-state index in [1.807, 2.05) is 34.6 Å². The summed E-state index contributed by atoms with van der Waals surface area (Å²) < 4.78 is 5.26. The van der Waals surface area contributed by atoms with Crippen LogP contribution in [0.15, 0.2) is 11.4 Å². The fraction of sp³-hybridized carbons (Fsp3) is 0.615. The summed E-state index contributed by atoms with van der Waals surface area (Å²) in [6.45, 7) is 10.3. The predicted octanol–water partition coefficient (Wildman–Crippen LogP) is 2.65. The fourth-order valence-electron chi connectivity index (χ4n) is 1.42. The standard InChI is InChI=1S/C13H21N3O2S/c1-6-14-11-9(2)12(16-8-15-11)19-7-10(17)18-13(3,4)5/h8H,6-7H2,1-5H3,(H,14,15,16). The quantitative estimate of drug-likeness (QED) is 0.509. The van der Waals surface area contributed by atoms with E-state index in [9.17, 15) is 4.79 Å². The molecular formula is C13H21N3O2S. The first kappa shape index (κ1) is 15.8. The second-order valence-electron chi connectivity index (χ2n) is 5.06. The van der Waals surface area contributed by atoms with Gasteiger partial charge in [0.25, 0.3) is 0 Å². The minimum absolute atomic E-state index is 0.236. The largest absolute Gasteiger partial charge is 0.459 e. The average molecular weight is 283 g/mol. The van der Waals surface area contributed by atoms with Gasteiger partial charge < -0.3 is 10.1 Å². The van der Waals surface area contributed by atoms with Gasteiger partial charge in [0.2, 0.25) is 0 Å². The van der Waals surface area contributed by atoms with Crippen LogP contribution in [0.4, 0.5) is 5.82 Å². The summed E-state index contributed by atoms with van der Waals surface area (Å²) in [6.07, 6.45) is 1.50. The summed E-state index contributed by atoms with van der Waals surface area (Å²) in [5.74, 6) is 0.824. The van der Waals surface area contributed by atoms with Gasteiger partial charge in [-0.25, -0.2) is 9.97 Å². The van der Waals surface area contributed by atoms with Gasteiger partial charge in [-0.15, -0.1) is 0 Å². The average Bonchev–Trinajstić information content (AvgIpc) is 2.28. The van der Waals surface area contributed by atoms with Gasteiger partial charge in [-0.3, -0.25) is 4.79 Å². The first-order valence-corrected chi connectivity index (χ1v) is 7.22. The molecule has 1 heterocycles. The number of esters is 1. The van der Waals surface area contributed by atoms with Crippen LogP contribution in [-0.4, -0.2) is 33.8 Å². The van der Waals surface area contributed by atoms with E-state index in [0.29, 0.717) is 0 Å². The number of rotatable bonds is 5. The Morgan fingerprint density at radius 3 is 2.68 bits per heavy atom. The summed E-state index contributed by atoms with van der Waals surface area (Å²) in [7, 11) is 0. The van der Waals surface area contributed by atoms with E-state index >= 15 is 0 Å². The Balaban J connectivity index is 2.63. The molecule has 106 valence electrons. The number of thioether (sulfide) groups is 1. The molecule has 0 fully saturated rings. The highest BCUT2D eigenvalue weighted by molar-refractivity contribution is 7.99. The summed E-state index contributed by atoms with van der Waals surface area (Å²) in [5.41, 5.74) is 0.505. The maximum atomic E-state index is 11.7. The number of carbonyl (C=O) groups is 1. The molecule has 5 nitrogen and oxygen atoms in total. The van der Waals surface area contributed by atoms with Crippen LogP contribution in [0.25, 0.3) is 0 Å². The number of nitrogens with one attached hydrogen (secondary N) is 1. The van der Waals surface area contributed by atoms with Crippen molar-refractivity contribution in [3.8, 4) is 0 Å². The van der Waals surface area contributed by atoms with Crippen LogP contribution >= 0.6 is 11.8 Å². The first-order chi connectivity index (χ1) is 8.83. The molecule has 0 bridgehead atoms. The first-order valence-electron chi connectivity index (χ1n) is 6.23. The van der Waals surface area contributed by atoms with Crippen LogP contribution in [0.2, 0.25) is 0 Å². The lowest BCUT2D eigenvalue weighted by molar-refractivity contribution is -0.151. The molecule has 0 saturated carbocycles. The van der Waals surface area contributed by atoms with Crippen LogP contribution in [0, 0.1) is 6.92 Å². The van der Waals surface area contributed by atoms with Crippen molar-refractivity contribution in [1.29, 1.82) is 0 Å². The molecule has 1 aromatic heterocycles. The molecule has 1 rings (SSSR count). The molecule has 0 aromatic carbocycles. The number of anilines is 1. The maximum Gasteiger partial charge on any atom is 0.316 e. The monoisotopic (exact) mass is 283 g/mol. The van der Waals surface area contributed by atoms with E-state index in [-0.39, 0.29) is 11.7 Å². The highest BCUT2D eigenvalue weighted by atomic mass is 32.2.